The highest BCUT2D eigenvalue weighted by atomic mass is 16.5. The van der Waals surface area contributed by atoms with Gasteiger partial charge in [-0.3, -0.25) is 9.59 Å². The zero-order valence-corrected chi connectivity index (χ0v) is 9.45. The molecule has 0 radical (unpaired) electrons. The Hall–Kier alpha value is -1.64. The lowest BCUT2D eigenvalue weighted by Crippen LogP contribution is -2.27. The number of ketones is 2. The molecule has 1 aromatic carbocycles. The fourth-order valence-corrected chi connectivity index (χ4v) is 2.15. The molecule has 16 heavy (non-hydrogen) atoms. The van der Waals surface area contributed by atoms with Gasteiger partial charge in [0.25, 0.3) is 0 Å². The van der Waals surface area contributed by atoms with Crippen LogP contribution in [0.2, 0.25) is 0 Å². The molecule has 1 aliphatic rings. The summed E-state index contributed by atoms with van der Waals surface area (Å²) in [6, 6.07) is 5.40. The zero-order chi connectivity index (χ0) is 11.7. The van der Waals surface area contributed by atoms with Gasteiger partial charge in [0.1, 0.15) is 11.5 Å². The second-order valence-electron chi connectivity index (χ2n) is 4.09. The number of fused-ring (bicyclic) bond motifs is 1. The molecule has 0 heterocycles. The smallest absolute Gasteiger partial charge is 0.173 e. The fraction of sp³-hybridized carbons (Fsp3) is 0.385. The van der Waals surface area contributed by atoms with Crippen molar-refractivity contribution in [2.24, 2.45) is 5.92 Å². The Morgan fingerprint density at radius 2 is 2.19 bits per heavy atom. The number of aryl methyl sites for hydroxylation is 1. The maximum Gasteiger partial charge on any atom is 0.173 e. The number of hydrogen-bond donors (Lipinski definition) is 0. The van der Waals surface area contributed by atoms with Crippen molar-refractivity contribution in [3.8, 4) is 5.75 Å². The second-order valence-corrected chi connectivity index (χ2v) is 4.09. The highest BCUT2D eigenvalue weighted by Crippen LogP contribution is 2.28. The molecular weight excluding hydrogens is 204 g/mol. The Labute approximate surface area is 94.4 Å². The van der Waals surface area contributed by atoms with Crippen LogP contribution in [0.3, 0.4) is 0 Å². The summed E-state index contributed by atoms with van der Waals surface area (Å²) in [4.78, 5) is 23.3. The van der Waals surface area contributed by atoms with Crippen molar-refractivity contribution in [3.05, 3.63) is 29.3 Å². The van der Waals surface area contributed by atoms with Gasteiger partial charge in [-0.2, -0.15) is 0 Å². The monoisotopic (exact) mass is 218 g/mol. The molecule has 0 spiro atoms. The molecule has 0 fully saturated rings. The number of hydrogen-bond acceptors (Lipinski definition) is 3. The Bertz CT molecular complexity index is 448. The third-order valence-corrected chi connectivity index (χ3v) is 3.09. The molecule has 0 amide bonds. The molecule has 3 heteroatoms. The normalized spacial score (nSPS) is 19.1. The summed E-state index contributed by atoms with van der Waals surface area (Å²) in [6.45, 7) is 1.48. The van der Waals surface area contributed by atoms with E-state index in [2.05, 4.69) is 0 Å². The Balaban J connectivity index is 2.39. The molecular formula is C13H14O3. The van der Waals surface area contributed by atoms with E-state index in [1.165, 1.54) is 6.92 Å². The van der Waals surface area contributed by atoms with E-state index in [9.17, 15) is 9.59 Å². The quantitative estimate of drug-likeness (QED) is 0.713. The van der Waals surface area contributed by atoms with Crippen LogP contribution in [-0.2, 0) is 11.2 Å². The van der Waals surface area contributed by atoms with Crippen LogP contribution in [0.4, 0.5) is 0 Å². The van der Waals surface area contributed by atoms with Crippen LogP contribution in [0.5, 0.6) is 5.75 Å². The summed E-state index contributed by atoms with van der Waals surface area (Å²) in [5, 5.41) is 0. The summed E-state index contributed by atoms with van der Waals surface area (Å²) in [5.41, 5.74) is 1.66. The third kappa shape index (κ3) is 1.73. The van der Waals surface area contributed by atoms with Crippen LogP contribution in [0.15, 0.2) is 18.2 Å². The first-order valence-corrected chi connectivity index (χ1v) is 5.35. The first-order valence-electron chi connectivity index (χ1n) is 5.35. The second kappa shape index (κ2) is 4.08. The SMILES string of the molecule is COc1ccc2c(c1)CCC(C(C)=O)C2=O. The van der Waals surface area contributed by atoms with Crippen molar-refractivity contribution >= 4 is 11.6 Å². The number of carbonyl (C=O) groups excluding carboxylic acids is 2. The van der Waals surface area contributed by atoms with Gasteiger partial charge in [-0.15, -0.1) is 0 Å². The molecule has 1 aliphatic carbocycles. The van der Waals surface area contributed by atoms with Crippen LogP contribution in [0.25, 0.3) is 0 Å². The van der Waals surface area contributed by atoms with Gasteiger partial charge in [-0.25, -0.2) is 0 Å². The minimum atomic E-state index is -0.444. The Kier molecular flexibility index (Phi) is 2.77. The van der Waals surface area contributed by atoms with Gasteiger partial charge in [-0.1, -0.05) is 0 Å². The molecule has 0 saturated carbocycles. The number of ether oxygens (including phenoxy) is 1. The molecule has 3 nitrogen and oxygen atoms in total. The van der Waals surface area contributed by atoms with Crippen molar-refractivity contribution in [2.45, 2.75) is 19.8 Å². The van der Waals surface area contributed by atoms with E-state index < -0.39 is 5.92 Å². The maximum atomic E-state index is 12.0. The highest BCUT2D eigenvalue weighted by molar-refractivity contribution is 6.11. The van der Waals surface area contributed by atoms with E-state index >= 15 is 0 Å². The minimum Gasteiger partial charge on any atom is -0.497 e. The summed E-state index contributed by atoms with van der Waals surface area (Å²) in [7, 11) is 1.60. The maximum absolute atomic E-state index is 12.0. The first-order chi connectivity index (χ1) is 7.63. The van der Waals surface area contributed by atoms with E-state index in [0.717, 1.165) is 17.7 Å². The number of methoxy groups -OCH3 is 1. The largest absolute Gasteiger partial charge is 0.497 e. The lowest BCUT2D eigenvalue weighted by molar-refractivity contribution is -0.119. The first kappa shape index (κ1) is 10.9. The average Bonchev–Trinajstić information content (AvgIpc) is 2.28. The van der Waals surface area contributed by atoms with Crippen LogP contribution >= 0.6 is 0 Å². The molecule has 84 valence electrons. The van der Waals surface area contributed by atoms with Gasteiger partial charge >= 0.3 is 0 Å². The lowest BCUT2D eigenvalue weighted by Gasteiger charge is -2.21. The van der Waals surface area contributed by atoms with Crippen molar-refractivity contribution in [2.75, 3.05) is 7.11 Å². The van der Waals surface area contributed by atoms with E-state index in [4.69, 9.17) is 4.74 Å². The van der Waals surface area contributed by atoms with Gasteiger partial charge in [0, 0.05) is 5.56 Å². The van der Waals surface area contributed by atoms with Crippen LogP contribution in [-0.4, -0.2) is 18.7 Å². The molecule has 1 aromatic rings. The molecule has 0 aliphatic heterocycles. The summed E-state index contributed by atoms with van der Waals surface area (Å²) in [5.74, 6) is 0.233. The third-order valence-electron chi connectivity index (χ3n) is 3.09. The summed E-state index contributed by atoms with van der Waals surface area (Å²) in [6.07, 6.45) is 1.39. The van der Waals surface area contributed by atoms with Gasteiger partial charge < -0.3 is 4.74 Å². The van der Waals surface area contributed by atoms with E-state index in [-0.39, 0.29) is 11.6 Å². The van der Waals surface area contributed by atoms with Gasteiger partial charge in [0.2, 0.25) is 0 Å². The number of carbonyl (C=O) groups is 2. The minimum absolute atomic E-state index is 0.0357. The van der Waals surface area contributed by atoms with Crippen LogP contribution < -0.4 is 4.74 Å². The topological polar surface area (TPSA) is 43.4 Å². The van der Waals surface area contributed by atoms with Gasteiger partial charge in [0.15, 0.2) is 5.78 Å². The van der Waals surface area contributed by atoms with Gasteiger partial charge in [0.05, 0.1) is 13.0 Å². The number of rotatable bonds is 2. The van der Waals surface area contributed by atoms with Crippen molar-refractivity contribution < 1.29 is 14.3 Å². The van der Waals surface area contributed by atoms with E-state index in [1.807, 2.05) is 6.07 Å². The van der Waals surface area contributed by atoms with E-state index in [0.29, 0.717) is 12.0 Å². The zero-order valence-electron chi connectivity index (χ0n) is 9.45. The highest BCUT2D eigenvalue weighted by Gasteiger charge is 2.30. The standard InChI is InChI=1S/C13H14O3/c1-8(14)11-5-3-9-7-10(16-2)4-6-12(9)13(11)15/h4,6-7,11H,3,5H2,1-2H3. The molecule has 0 saturated heterocycles. The summed E-state index contributed by atoms with van der Waals surface area (Å²) < 4.78 is 5.11. The van der Waals surface area contributed by atoms with Crippen molar-refractivity contribution in [1.29, 1.82) is 0 Å². The van der Waals surface area contributed by atoms with E-state index in [1.54, 1.807) is 19.2 Å². The molecule has 1 unspecified atom stereocenters. The predicted molar refractivity (Wildman–Crippen MR) is 59.8 cm³/mol. The van der Waals surface area contributed by atoms with Crippen LogP contribution in [0, 0.1) is 5.92 Å². The molecule has 1 atom stereocenters. The number of Topliss-reactive ketones (excluding diaryl/α,β-unsaturated/α-hetero) is 2. The Morgan fingerprint density at radius 1 is 1.44 bits per heavy atom. The predicted octanol–water partition coefficient (Wildman–Crippen LogP) is 2.03. The molecule has 0 N–H and O–H groups in total. The van der Waals surface area contributed by atoms with Crippen molar-refractivity contribution in [3.63, 3.8) is 0 Å². The van der Waals surface area contributed by atoms with Gasteiger partial charge in [-0.05, 0) is 43.5 Å². The van der Waals surface area contributed by atoms with Crippen molar-refractivity contribution in [1.82, 2.24) is 0 Å². The molecule has 0 bridgehead atoms. The lowest BCUT2D eigenvalue weighted by atomic mass is 9.81. The fourth-order valence-electron chi connectivity index (χ4n) is 2.15. The molecule has 0 aromatic heterocycles. The Morgan fingerprint density at radius 3 is 2.81 bits per heavy atom. The average molecular weight is 218 g/mol. The summed E-state index contributed by atoms with van der Waals surface area (Å²) >= 11 is 0. The van der Waals surface area contributed by atoms with Crippen LogP contribution in [0.1, 0.15) is 29.3 Å². The number of benzene rings is 1. The molecule has 2 rings (SSSR count).